The van der Waals surface area contributed by atoms with Gasteiger partial charge in [0.05, 0.1) is 11.6 Å². The van der Waals surface area contributed by atoms with Gasteiger partial charge < -0.3 is 15.0 Å². The van der Waals surface area contributed by atoms with Gasteiger partial charge in [0.25, 0.3) is 5.91 Å². The maximum atomic E-state index is 12.4. The zero-order valence-corrected chi connectivity index (χ0v) is 13.7. The quantitative estimate of drug-likeness (QED) is 0.848. The molecule has 2 rings (SSSR count). The number of aromatic nitrogens is 1. The number of nitrogens with zero attached hydrogens (tertiary/aromatic N) is 2. The summed E-state index contributed by atoms with van der Waals surface area (Å²) >= 11 is 5.94. The van der Waals surface area contributed by atoms with Gasteiger partial charge in [-0.05, 0) is 39.3 Å². The monoisotopic (exact) mass is 325 g/mol. The second-order valence-corrected chi connectivity index (χ2v) is 6.58. The molecule has 1 fully saturated rings. The molecule has 2 amide bonds. The van der Waals surface area contributed by atoms with Crippen molar-refractivity contribution in [1.82, 2.24) is 15.2 Å². The van der Waals surface area contributed by atoms with E-state index >= 15 is 0 Å². The second-order valence-electron chi connectivity index (χ2n) is 6.22. The Labute approximate surface area is 134 Å². The summed E-state index contributed by atoms with van der Waals surface area (Å²) in [4.78, 5) is 29.7. The third-order valence-electron chi connectivity index (χ3n) is 3.19. The second kappa shape index (κ2) is 6.52. The van der Waals surface area contributed by atoms with E-state index in [1.165, 1.54) is 6.20 Å². The van der Waals surface area contributed by atoms with Crippen LogP contribution in [0.4, 0.5) is 4.79 Å². The number of carbonyl (C=O) groups is 2. The first-order chi connectivity index (χ1) is 10.3. The first-order valence-electron chi connectivity index (χ1n) is 7.15. The van der Waals surface area contributed by atoms with E-state index in [2.05, 4.69) is 10.3 Å². The fourth-order valence-electron chi connectivity index (χ4n) is 2.25. The van der Waals surface area contributed by atoms with Gasteiger partial charge in [0, 0.05) is 19.3 Å². The van der Waals surface area contributed by atoms with Crippen molar-refractivity contribution in [3.63, 3.8) is 0 Å². The molecular formula is C15H20ClN3O3. The Morgan fingerprint density at radius 2 is 2.18 bits per heavy atom. The maximum absolute atomic E-state index is 12.4. The summed E-state index contributed by atoms with van der Waals surface area (Å²) in [7, 11) is 0. The van der Waals surface area contributed by atoms with E-state index in [9.17, 15) is 9.59 Å². The average molecular weight is 326 g/mol. The predicted molar refractivity (Wildman–Crippen MR) is 82.9 cm³/mol. The molecule has 0 unspecified atom stereocenters. The molecule has 1 atom stereocenters. The van der Waals surface area contributed by atoms with E-state index in [4.69, 9.17) is 16.3 Å². The number of rotatable bonds is 2. The SMILES string of the molecule is CC(C)(C)OC(=O)N[C@H]1CCN(C(=O)c2cccnc2Cl)C1. The molecule has 1 aromatic rings. The van der Waals surface area contributed by atoms with Gasteiger partial charge in [0.2, 0.25) is 0 Å². The third-order valence-corrected chi connectivity index (χ3v) is 3.49. The van der Waals surface area contributed by atoms with Crippen LogP contribution in [-0.4, -0.2) is 46.6 Å². The number of nitrogens with one attached hydrogen (secondary N) is 1. The molecule has 7 heteroatoms. The van der Waals surface area contributed by atoms with E-state index in [0.29, 0.717) is 25.1 Å². The summed E-state index contributed by atoms with van der Waals surface area (Å²) in [6, 6.07) is 3.20. The molecule has 0 bridgehead atoms. The van der Waals surface area contributed by atoms with Crippen molar-refractivity contribution in [3.8, 4) is 0 Å². The fraction of sp³-hybridized carbons (Fsp3) is 0.533. The van der Waals surface area contributed by atoms with Crippen LogP contribution >= 0.6 is 11.6 Å². The average Bonchev–Trinajstić information content (AvgIpc) is 2.84. The Bertz CT molecular complexity index is 571. The summed E-state index contributed by atoms with van der Waals surface area (Å²) in [5.74, 6) is -0.174. The van der Waals surface area contributed by atoms with Crippen molar-refractivity contribution in [2.45, 2.75) is 38.8 Å². The molecule has 22 heavy (non-hydrogen) atoms. The van der Waals surface area contributed by atoms with Crippen LogP contribution in [0.5, 0.6) is 0 Å². The molecule has 1 aromatic heterocycles. The third kappa shape index (κ3) is 4.34. The van der Waals surface area contributed by atoms with Crippen molar-refractivity contribution < 1.29 is 14.3 Å². The lowest BCUT2D eigenvalue weighted by Crippen LogP contribution is -2.41. The van der Waals surface area contributed by atoms with Gasteiger partial charge in [0.1, 0.15) is 10.8 Å². The minimum atomic E-state index is -0.540. The Morgan fingerprint density at radius 3 is 2.82 bits per heavy atom. The lowest BCUT2D eigenvalue weighted by molar-refractivity contribution is 0.0502. The Morgan fingerprint density at radius 1 is 1.45 bits per heavy atom. The molecule has 0 aromatic carbocycles. The number of pyridine rings is 1. The smallest absolute Gasteiger partial charge is 0.407 e. The fourth-order valence-corrected chi connectivity index (χ4v) is 2.45. The molecular weight excluding hydrogens is 306 g/mol. The van der Waals surface area contributed by atoms with E-state index < -0.39 is 11.7 Å². The first kappa shape index (κ1) is 16.5. The highest BCUT2D eigenvalue weighted by molar-refractivity contribution is 6.32. The minimum absolute atomic E-state index is 0.116. The van der Waals surface area contributed by atoms with Crippen LogP contribution in [0.15, 0.2) is 18.3 Å². The molecule has 0 radical (unpaired) electrons. The van der Waals surface area contributed by atoms with Crippen LogP contribution in [0.25, 0.3) is 0 Å². The predicted octanol–water partition coefficient (Wildman–Crippen LogP) is 2.47. The summed E-state index contributed by atoms with van der Waals surface area (Å²) in [5.41, 5.74) is -0.163. The summed E-state index contributed by atoms with van der Waals surface area (Å²) in [5, 5.41) is 2.97. The number of ether oxygens (including phenoxy) is 1. The molecule has 1 aliphatic heterocycles. The molecule has 120 valence electrons. The van der Waals surface area contributed by atoms with Crippen LogP contribution in [0.2, 0.25) is 5.15 Å². The van der Waals surface area contributed by atoms with Gasteiger partial charge in [-0.1, -0.05) is 11.6 Å². The Balaban J connectivity index is 1.92. The number of alkyl carbamates (subject to hydrolysis) is 1. The number of halogens is 1. The van der Waals surface area contributed by atoms with Crippen LogP contribution in [0.3, 0.4) is 0 Å². The van der Waals surface area contributed by atoms with E-state index in [0.717, 1.165) is 0 Å². The van der Waals surface area contributed by atoms with Crippen molar-refractivity contribution in [2.24, 2.45) is 0 Å². The number of likely N-dealkylation sites (tertiary alicyclic amines) is 1. The lowest BCUT2D eigenvalue weighted by atomic mass is 10.2. The number of hydrogen-bond acceptors (Lipinski definition) is 4. The van der Waals surface area contributed by atoms with E-state index in [1.807, 2.05) is 20.8 Å². The normalized spacial score (nSPS) is 18.2. The van der Waals surface area contributed by atoms with Gasteiger partial charge in [0.15, 0.2) is 0 Å². The topological polar surface area (TPSA) is 71.5 Å². The Hall–Kier alpha value is -1.82. The standard InChI is InChI=1S/C15H20ClN3O3/c1-15(2,3)22-14(21)18-10-6-8-19(9-10)13(20)11-5-4-7-17-12(11)16/h4-5,7,10H,6,8-9H2,1-3H3,(H,18,21)/t10-/m0/s1. The molecule has 0 spiro atoms. The van der Waals surface area contributed by atoms with Gasteiger partial charge in [-0.15, -0.1) is 0 Å². The molecule has 0 aliphatic carbocycles. The van der Waals surface area contributed by atoms with Gasteiger partial charge in [-0.25, -0.2) is 9.78 Å². The summed E-state index contributed by atoms with van der Waals surface area (Å²) in [6.45, 7) is 6.41. The van der Waals surface area contributed by atoms with Crippen molar-refractivity contribution in [1.29, 1.82) is 0 Å². The number of carbonyl (C=O) groups excluding carboxylic acids is 2. The molecule has 6 nitrogen and oxygen atoms in total. The van der Waals surface area contributed by atoms with E-state index in [-0.39, 0.29) is 17.1 Å². The highest BCUT2D eigenvalue weighted by Gasteiger charge is 2.30. The molecule has 0 saturated carbocycles. The Kier molecular flexibility index (Phi) is 4.90. The van der Waals surface area contributed by atoms with Gasteiger partial charge in [-0.2, -0.15) is 0 Å². The van der Waals surface area contributed by atoms with E-state index in [1.54, 1.807) is 17.0 Å². The van der Waals surface area contributed by atoms with Crippen LogP contribution in [-0.2, 0) is 4.74 Å². The van der Waals surface area contributed by atoms with Gasteiger partial charge in [-0.3, -0.25) is 4.79 Å². The number of amides is 2. The highest BCUT2D eigenvalue weighted by atomic mass is 35.5. The summed E-state index contributed by atoms with van der Waals surface area (Å²) in [6.07, 6.45) is 1.75. The van der Waals surface area contributed by atoms with Crippen molar-refractivity contribution >= 4 is 23.6 Å². The zero-order chi connectivity index (χ0) is 16.3. The highest BCUT2D eigenvalue weighted by Crippen LogP contribution is 2.18. The van der Waals surface area contributed by atoms with Crippen LogP contribution in [0, 0.1) is 0 Å². The lowest BCUT2D eigenvalue weighted by Gasteiger charge is -2.22. The molecule has 1 aliphatic rings. The molecule has 2 heterocycles. The zero-order valence-electron chi connectivity index (χ0n) is 12.9. The first-order valence-corrected chi connectivity index (χ1v) is 7.53. The van der Waals surface area contributed by atoms with Crippen LogP contribution < -0.4 is 5.32 Å². The largest absolute Gasteiger partial charge is 0.444 e. The summed E-state index contributed by atoms with van der Waals surface area (Å²) < 4.78 is 5.21. The molecule has 1 N–H and O–H groups in total. The molecule has 1 saturated heterocycles. The van der Waals surface area contributed by atoms with Gasteiger partial charge >= 0.3 is 6.09 Å². The van der Waals surface area contributed by atoms with Crippen LogP contribution in [0.1, 0.15) is 37.6 Å². The van der Waals surface area contributed by atoms with Crippen molar-refractivity contribution in [3.05, 3.63) is 29.0 Å². The minimum Gasteiger partial charge on any atom is -0.444 e. The number of hydrogen-bond donors (Lipinski definition) is 1. The van der Waals surface area contributed by atoms with Crippen molar-refractivity contribution in [2.75, 3.05) is 13.1 Å². The maximum Gasteiger partial charge on any atom is 0.407 e.